The van der Waals surface area contributed by atoms with E-state index >= 15 is 0 Å². The summed E-state index contributed by atoms with van der Waals surface area (Å²) in [7, 11) is 3.25. The van der Waals surface area contributed by atoms with E-state index in [1.54, 1.807) is 14.2 Å². The van der Waals surface area contributed by atoms with Crippen molar-refractivity contribution >= 4 is 0 Å². The van der Waals surface area contributed by atoms with Gasteiger partial charge in [-0.3, -0.25) is 5.84 Å². The topological polar surface area (TPSA) is 56.5 Å². The molecular weight excluding hydrogens is 180 g/mol. The van der Waals surface area contributed by atoms with Crippen molar-refractivity contribution in [1.29, 1.82) is 0 Å². The van der Waals surface area contributed by atoms with Gasteiger partial charge >= 0.3 is 0 Å². The Morgan fingerprint density at radius 3 is 2.50 bits per heavy atom. The summed E-state index contributed by atoms with van der Waals surface area (Å²) in [6.07, 6.45) is 6.64. The number of hydrogen-bond donors (Lipinski definition) is 2. The maximum absolute atomic E-state index is 5.50. The number of allylic oxidation sites excluding steroid dienone is 1. The van der Waals surface area contributed by atoms with Crippen LogP contribution in [-0.4, -0.2) is 26.6 Å². The Labute approximate surface area is 85.4 Å². The van der Waals surface area contributed by atoms with Crippen LogP contribution in [0.3, 0.4) is 0 Å². The minimum Gasteiger partial charge on any atom is -0.354 e. The smallest absolute Gasteiger partial charge is 0.177 e. The van der Waals surface area contributed by atoms with Gasteiger partial charge in [-0.05, 0) is 25.7 Å². The van der Waals surface area contributed by atoms with E-state index in [0.29, 0.717) is 0 Å². The Morgan fingerprint density at radius 1 is 1.36 bits per heavy atom. The van der Waals surface area contributed by atoms with E-state index in [1.807, 2.05) is 0 Å². The van der Waals surface area contributed by atoms with Crippen molar-refractivity contribution in [1.82, 2.24) is 5.43 Å². The second-order valence-corrected chi connectivity index (χ2v) is 3.51. The van der Waals surface area contributed by atoms with Crippen LogP contribution in [0.15, 0.2) is 11.6 Å². The third-order valence-corrected chi connectivity index (χ3v) is 2.64. The zero-order chi connectivity index (χ0) is 10.4. The Bertz CT molecular complexity index is 191. The van der Waals surface area contributed by atoms with E-state index in [4.69, 9.17) is 15.3 Å². The Morgan fingerprint density at radius 2 is 2.07 bits per heavy atom. The summed E-state index contributed by atoms with van der Waals surface area (Å²) >= 11 is 0. The number of nitrogens with one attached hydrogen (secondary N) is 1. The molecule has 0 heterocycles. The van der Waals surface area contributed by atoms with Crippen LogP contribution in [0.1, 0.15) is 25.7 Å². The minimum absolute atomic E-state index is 0.0229. The quantitative estimate of drug-likeness (QED) is 0.300. The van der Waals surface area contributed by atoms with Crippen molar-refractivity contribution < 1.29 is 9.47 Å². The van der Waals surface area contributed by atoms with Crippen LogP contribution in [-0.2, 0) is 9.47 Å². The highest BCUT2D eigenvalue weighted by atomic mass is 16.7. The lowest BCUT2D eigenvalue weighted by molar-refractivity contribution is -0.116. The fourth-order valence-electron chi connectivity index (χ4n) is 1.87. The fraction of sp³-hybridized carbons (Fsp3) is 0.800. The van der Waals surface area contributed by atoms with E-state index in [9.17, 15) is 0 Å². The zero-order valence-electron chi connectivity index (χ0n) is 8.95. The first kappa shape index (κ1) is 11.7. The first-order valence-corrected chi connectivity index (χ1v) is 5.04. The van der Waals surface area contributed by atoms with Gasteiger partial charge in [0.25, 0.3) is 0 Å². The van der Waals surface area contributed by atoms with Crippen molar-refractivity contribution in [3.05, 3.63) is 11.6 Å². The molecule has 1 atom stereocenters. The molecular formula is C10H20N2O2. The van der Waals surface area contributed by atoms with Crippen LogP contribution >= 0.6 is 0 Å². The molecule has 3 N–H and O–H groups in total. The second-order valence-electron chi connectivity index (χ2n) is 3.51. The number of rotatable bonds is 5. The molecule has 4 heteroatoms. The highest BCUT2D eigenvalue weighted by Gasteiger charge is 2.24. The number of hydrazine groups is 1. The van der Waals surface area contributed by atoms with Crippen molar-refractivity contribution in [2.75, 3.05) is 14.2 Å². The van der Waals surface area contributed by atoms with E-state index in [-0.39, 0.29) is 12.3 Å². The van der Waals surface area contributed by atoms with Crippen molar-refractivity contribution in [2.24, 2.45) is 5.84 Å². The van der Waals surface area contributed by atoms with E-state index in [2.05, 4.69) is 11.5 Å². The number of hydrogen-bond acceptors (Lipinski definition) is 4. The summed E-state index contributed by atoms with van der Waals surface area (Å²) in [6, 6.07) is -0.0229. The molecule has 4 nitrogen and oxygen atoms in total. The molecule has 0 aromatic heterocycles. The largest absolute Gasteiger partial charge is 0.354 e. The van der Waals surface area contributed by atoms with Gasteiger partial charge in [-0.25, -0.2) is 5.43 Å². The minimum atomic E-state index is -0.302. The summed E-state index contributed by atoms with van der Waals surface area (Å²) in [5, 5.41) is 0. The Hall–Kier alpha value is -0.420. The SMILES string of the molecule is COC(OC)C(NN)C1=CCCCC1. The molecule has 82 valence electrons. The molecule has 0 aromatic carbocycles. The van der Waals surface area contributed by atoms with E-state index < -0.39 is 0 Å². The predicted molar refractivity (Wildman–Crippen MR) is 55.5 cm³/mol. The lowest BCUT2D eigenvalue weighted by Gasteiger charge is -2.28. The summed E-state index contributed by atoms with van der Waals surface area (Å²) in [4.78, 5) is 0. The molecule has 0 saturated carbocycles. The molecule has 0 amide bonds. The molecule has 1 aliphatic carbocycles. The number of methoxy groups -OCH3 is 2. The van der Waals surface area contributed by atoms with Gasteiger partial charge in [-0.1, -0.05) is 11.6 Å². The molecule has 1 unspecified atom stereocenters. The van der Waals surface area contributed by atoms with Gasteiger partial charge in [0.2, 0.25) is 0 Å². The summed E-state index contributed by atoms with van der Waals surface area (Å²) in [5.74, 6) is 5.50. The summed E-state index contributed by atoms with van der Waals surface area (Å²) in [6.45, 7) is 0. The Balaban J connectivity index is 2.63. The highest BCUT2D eigenvalue weighted by Crippen LogP contribution is 2.22. The molecule has 0 radical (unpaired) electrons. The lowest BCUT2D eigenvalue weighted by atomic mass is 9.94. The molecule has 1 aliphatic rings. The van der Waals surface area contributed by atoms with Gasteiger partial charge in [0, 0.05) is 14.2 Å². The van der Waals surface area contributed by atoms with Crippen LogP contribution in [0.5, 0.6) is 0 Å². The number of nitrogens with two attached hydrogens (primary N) is 1. The summed E-state index contributed by atoms with van der Waals surface area (Å²) < 4.78 is 10.4. The van der Waals surface area contributed by atoms with Gasteiger partial charge in [0.15, 0.2) is 6.29 Å². The van der Waals surface area contributed by atoms with E-state index in [0.717, 1.165) is 12.8 Å². The Kier molecular flexibility index (Phi) is 5.11. The zero-order valence-corrected chi connectivity index (χ0v) is 8.95. The van der Waals surface area contributed by atoms with Crippen LogP contribution in [0, 0.1) is 0 Å². The van der Waals surface area contributed by atoms with Gasteiger partial charge in [-0.2, -0.15) is 0 Å². The molecule has 1 rings (SSSR count). The molecule has 0 spiro atoms. The molecule has 0 aromatic rings. The fourth-order valence-corrected chi connectivity index (χ4v) is 1.87. The van der Waals surface area contributed by atoms with Crippen LogP contribution in [0.2, 0.25) is 0 Å². The average molecular weight is 200 g/mol. The molecule has 0 saturated heterocycles. The van der Waals surface area contributed by atoms with Gasteiger partial charge in [0.05, 0.1) is 6.04 Å². The van der Waals surface area contributed by atoms with Gasteiger partial charge in [-0.15, -0.1) is 0 Å². The van der Waals surface area contributed by atoms with Gasteiger partial charge in [0.1, 0.15) is 0 Å². The third-order valence-electron chi connectivity index (χ3n) is 2.64. The highest BCUT2D eigenvalue weighted by molar-refractivity contribution is 5.14. The standard InChI is InChI=1S/C10H20N2O2/c1-13-10(14-2)9(12-11)8-6-4-3-5-7-8/h6,9-10,12H,3-5,7,11H2,1-2H3. The average Bonchev–Trinajstić information content (AvgIpc) is 2.27. The number of ether oxygens (including phenoxy) is 2. The van der Waals surface area contributed by atoms with Crippen molar-refractivity contribution in [2.45, 2.75) is 38.0 Å². The maximum Gasteiger partial charge on any atom is 0.177 e. The van der Waals surface area contributed by atoms with E-state index in [1.165, 1.54) is 18.4 Å². The monoisotopic (exact) mass is 200 g/mol. The lowest BCUT2D eigenvalue weighted by Crippen LogP contribution is -2.47. The summed E-state index contributed by atoms with van der Waals surface area (Å²) in [5.41, 5.74) is 4.05. The van der Waals surface area contributed by atoms with Gasteiger partial charge < -0.3 is 9.47 Å². The molecule has 0 aliphatic heterocycles. The molecule has 14 heavy (non-hydrogen) atoms. The van der Waals surface area contributed by atoms with Crippen LogP contribution in [0.4, 0.5) is 0 Å². The van der Waals surface area contributed by atoms with Crippen molar-refractivity contribution in [3.63, 3.8) is 0 Å². The molecule has 0 fully saturated rings. The first-order chi connectivity index (χ1) is 6.83. The third kappa shape index (κ3) is 2.78. The first-order valence-electron chi connectivity index (χ1n) is 5.04. The van der Waals surface area contributed by atoms with Crippen LogP contribution in [0.25, 0.3) is 0 Å². The maximum atomic E-state index is 5.50. The predicted octanol–water partition coefficient (Wildman–Crippen LogP) is 0.938. The van der Waals surface area contributed by atoms with Crippen molar-refractivity contribution in [3.8, 4) is 0 Å². The van der Waals surface area contributed by atoms with Crippen LogP contribution < -0.4 is 11.3 Å². The second kappa shape index (κ2) is 6.14. The molecule has 0 bridgehead atoms. The normalized spacial score (nSPS) is 19.6.